The number of benzene rings is 1. The maximum Gasteiger partial charge on any atom is 0.222 e. The lowest BCUT2D eigenvalue weighted by Gasteiger charge is -2.05. The first kappa shape index (κ1) is 13.1. The molecule has 0 aliphatic rings. The summed E-state index contributed by atoms with van der Waals surface area (Å²) in [6.07, 6.45) is 1.45. The summed E-state index contributed by atoms with van der Waals surface area (Å²) in [4.78, 5) is 11.8. The molecule has 98 valence electrons. The molecule has 0 fully saturated rings. The summed E-state index contributed by atoms with van der Waals surface area (Å²) in [7, 11) is 0. The third-order valence-electron chi connectivity index (χ3n) is 2.52. The van der Waals surface area contributed by atoms with Crippen LogP contribution in [0.2, 0.25) is 0 Å². The highest BCUT2D eigenvalue weighted by Gasteiger charge is 2.07. The van der Waals surface area contributed by atoms with Crippen LogP contribution < -0.4 is 5.32 Å². The van der Waals surface area contributed by atoms with Crippen molar-refractivity contribution < 1.29 is 13.6 Å². The number of carbonyl (C=O) groups is 1. The molecule has 1 aromatic carbocycles. The molecule has 0 saturated carbocycles. The van der Waals surface area contributed by atoms with Gasteiger partial charge in [-0.25, -0.2) is 4.39 Å². The predicted molar refractivity (Wildman–Crippen MR) is 71.6 cm³/mol. The van der Waals surface area contributed by atoms with Gasteiger partial charge in [0.25, 0.3) is 0 Å². The Labute approximate surface area is 110 Å². The average Bonchev–Trinajstić information content (AvgIpc) is 2.79. The van der Waals surface area contributed by atoms with E-state index in [2.05, 4.69) is 5.32 Å². The Kier molecular flexibility index (Phi) is 3.80. The Morgan fingerprint density at radius 1 is 1.21 bits per heavy atom. The Hall–Kier alpha value is -2.36. The second-order valence-electron chi connectivity index (χ2n) is 4.23. The zero-order valence-electron chi connectivity index (χ0n) is 10.7. The summed E-state index contributed by atoms with van der Waals surface area (Å²) >= 11 is 0. The lowest BCUT2D eigenvalue weighted by atomic mass is 10.2. The monoisotopic (exact) mass is 259 g/mol. The molecule has 0 saturated heterocycles. The SMILES string of the molecule is C/C(=C\C(=O)c1ccc(C)o1)Nc1ccc(F)cc1. The molecule has 0 aliphatic heterocycles. The lowest BCUT2D eigenvalue weighted by molar-refractivity contribution is 0.102. The standard InChI is InChI=1S/C15H14FNO2/c1-10(17-13-6-4-12(16)5-7-13)9-14(18)15-8-3-11(2)19-15/h3-9,17H,1-2H3/b10-9+. The van der Waals surface area contributed by atoms with E-state index in [0.717, 1.165) is 5.69 Å². The van der Waals surface area contributed by atoms with E-state index in [1.807, 2.05) is 0 Å². The number of nitrogens with one attached hydrogen (secondary N) is 1. The van der Waals surface area contributed by atoms with Crippen LogP contribution in [-0.4, -0.2) is 5.78 Å². The minimum absolute atomic E-state index is 0.208. The van der Waals surface area contributed by atoms with Gasteiger partial charge in [-0.15, -0.1) is 0 Å². The van der Waals surface area contributed by atoms with Crippen LogP contribution in [0.25, 0.3) is 0 Å². The molecule has 0 atom stereocenters. The van der Waals surface area contributed by atoms with Gasteiger partial charge in [0.1, 0.15) is 11.6 Å². The molecule has 0 amide bonds. The summed E-state index contributed by atoms with van der Waals surface area (Å²) in [5, 5.41) is 3.01. The molecule has 1 aromatic heterocycles. The molecule has 2 aromatic rings. The predicted octanol–water partition coefficient (Wildman–Crippen LogP) is 3.93. The van der Waals surface area contributed by atoms with Gasteiger partial charge in [-0.1, -0.05) is 0 Å². The van der Waals surface area contributed by atoms with Crippen molar-refractivity contribution in [1.82, 2.24) is 0 Å². The van der Waals surface area contributed by atoms with Crippen LogP contribution in [-0.2, 0) is 0 Å². The molecular formula is C15H14FNO2. The second kappa shape index (κ2) is 5.52. The fourth-order valence-electron chi connectivity index (χ4n) is 1.63. The van der Waals surface area contributed by atoms with E-state index in [-0.39, 0.29) is 11.6 Å². The van der Waals surface area contributed by atoms with Crippen LogP contribution in [0.5, 0.6) is 0 Å². The van der Waals surface area contributed by atoms with E-state index in [4.69, 9.17) is 4.42 Å². The minimum Gasteiger partial charge on any atom is -0.458 e. The van der Waals surface area contributed by atoms with Gasteiger partial charge < -0.3 is 9.73 Å². The van der Waals surface area contributed by atoms with E-state index >= 15 is 0 Å². The smallest absolute Gasteiger partial charge is 0.222 e. The van der Waals surface area contributed by atoms with Crippen LogP contribution >= 0.6 is 0 Å². The summed E-state index contributed by atoms with van der Waals surface area (Å²) in [6.45, 7) is 3.54. The van der Waals surface area contributed by atoms with Crippen LogP contribution in [0.3, 0.4) is 0 Å². The number of anilines is 1. The molecular weight excluding hydrogens is 245 g/mol. The van der Waals surface area contributed by atoms with E-state index < -0.39 is 0 Å². The zero-order valence-corrected chi connectivity index (χ0v) is 10.7. The van der Waals surface area contributed by atoms with Crippen molar-refractivity contribution >= 4 is 11.5 Å². The third kappa shape index (κ3) is 3.55. The highest BCUT2D eigenvalue weighted by atomic mass is 19.1. The van der Waals surface area contributed by atoms with Crippen molar-refractivity contribution in [3.05, 3.63) is 65.5 Å². The van der Waals surface area contributed by atoms with Crippen molar-refractivity contribution in [2.75, 3.05) is 5.32 Å². The maximum absolute atomic E-state index is 12.7. The highest BCUT2D eigenvalue weighted by molar-refractivity contribution is 6.03. The van der Waals surface area contributed by atoms with Gasteiger partial charge in [0.05, 0.1) is 0 Å². The lowest BCUT2D eigenvalue weighted by Crippen LogP contribution is -2.00. The van der Waals surface area contributed by atoms with Crippen LogP contribution in [0.4, 0.5) is 10.1 Å². The Balaban J connectivity index is 2.06. The van der Waals surface area contributed by atoms with Gasteiger partial charge in [-0.2, -0.15) is 0 Å². The molecule has 2 rings (SSSR count). The van der Waals surface area contributed by atoms with E-state index in [9.17, 15) is 9.18 Å². The normalized spacial score (nSPS) is 11.4. The van der Waals surface area contributed by atoms with Crippen LogP contribution in [0.15, 0.2) is 52.6 Å². The van der Waals surface area contributed by atoms with E-state index in [0.29, 0.717) is 17.2 Å². The second-order valence-corrected chi connectivity index (χ2v) is 4.23. The maximum atomic E-state index is 12.7. The first-order chi connectivity index (χ1) is 9.04. The summed E-state index contributed by atoms with van der Waals surface area (Å²) in [6, 6.07) is 9.30. The molecule has 0 radical (unpaired) electrons. The number of hydrogen-bond donors (Lipinski definition) is 1. The summed E-state index contributed by atoms with van der Waals surface area (Å²) in [5.41, 5.74) is 1.38. The first-order valence-electron chi connectivity index (χ1n) is 5.86. The Morgan fingerprint density at radius 2 is 1.89 bits per heavy atom. The summed E-state index contributed by atoms with van der Waals surface area (Å²) in [5.74, 6) is 0.494. The van der Waals surface area contributed by atoms with Gasteiger partial charge in [0.15, 0.2) is 5.76 Å². The Morgan fingerprint density at radius 3 is 2.47 bits per heavy atom. The van der Waals surface area contributed by atoms with Gasteiger partial charge in [-0.05, 0) is 50.2 Å². The molecule has 4 heteroatoms. The van der Waals surface area contributed by atoms with Crippen molar-refractivity contribution in [1.29, 1.82) is 0 Å². The number of aryl methyl sites for hydroxylation is 1. The van der Waals surface area contributed by atoms with Crippen molar-refractivity contribution in [2.45, 2.75) is 13.8 Å². The molecule has 1 N–H and O–H groups in total. The molecule has 3 nitrogen and oxygen atoms in total. The Bertz CT molecular complexity index is 611. The van der Waals surface area contributed by atoms with Crippen molar-refractivity contribution in [2.24, 2.45) is 0 Å². The number of rotatable bonds is 4. The zero-order chi connectivity index (χ0) is 13.8. The number of carbonyl (C=O) groups excluding carboxylic acids is 1. The first-order valence-corrected chi connectivity index (χ1v) is 5.86. The molecule has 1 heterocycles. The molecule has 19 heavy (non-hydrogen) atoms. The fraction of sp³-hybridized carbons (Fsp3) is 0.133. The average molecular weight is 259 g/mol. The molecule has 0 spiro atoms. The number of halogens is 1. The van der Waals surface area contributed by atoms with Gasteiger partial charge in [0.2, 0.25) is 5.78 Å². The molecule has 0 aliphatic carbocycles. The quantitative estimate of drug-likeness (QED) is 0.668. The number of ketones is 1. The van der Waals surface area contributed by atoms with Crippen LogP contribution in [0, 0.1) is 12.7 Å². The van der Waals surface area contributed by atoms with E-state index in [1.54, 1.807) is 38.1 Å². The van der Waals surface area contributed by atoms with Gasteiger partial charge >= 0.3 is 0 Å². The van der Waals surface area contributed by atoms with Crippen molar-refractivity contribution in [3.63, 3.8) is 0 Å². The third-order valence-corrected chi connectivity index (χ3v) is 2.52. The fourth-order valence-corrected chi connectivity index (χ4v) is 1.63. The van der Waals surface area contributed by atoms with E-state index in [1.165, 1.54) is 18.2 Å². The molecule has 0 unspecified atom stereocenters. The van der Waals surface area contributed by atoms with Crippen LogP contribution in [0.1, 0.15) is 23.2 Å². The van der Waals surface area contributed by atoms with Gasteiger partial charge in [0, 0.05) is 17.5 Å². The molecule has 0 bridgehead atoms. The topological polar surface area (TPSA) is 42.2 Å². The number of furan rings is 1. The number of hydrogen-bond acceptors (Lipinski definition) is 3. The summed E-state index contributed by atoms with van der Waals surface area (Å²) < 4.78 is 18.0. The van der Waals surface area contributed by atoms with Gasteiger partial charge in [-0.3, -0.25) is 4.79 Å². The minimum atomic E-state index is -0.297. The number of allylic oxidation sites excluding steroid dienone is 2. The highest BCUT2D eigenvalue weighted by Crippen LogP contribution is 2.13. The largest absolute Gasteiger partial charge is 0.458 e. The van der Waals surface area contributed by atoms with Crippen molar-refractivity contribution in [3.8, 4) is 0 Å².